The number of carbonyl (C=O) groups excluding carboxylic acids is 2. The molecule has 2 unspecified atom stereocenters. The molecule has 4 aliphatic heterocycles. The molecule has 18 nitrogen and oxygen atoms in total. The first-order chi connectivity index (χ1) is 32.4. The van der Waals surface area contributed by atoms with Crippen molar-refractivity contribution in [2.45, 2.75) is 205 Å². The van der Waals surface area contributed by atoms with Gasteiger partial charge < -0.3 is 73.0 Å². The van der Waals surface area contributed by atoms with Gasteiger partial charge in [0.05, 0.1) is 59.9 Å². The summed E-state index contributed by atoms with van der Waals surface area (Å²) in [5.74, 6) is -3.89. The standard InChI is InChI=1S/C51H85N3O15/c1-15-38-51(10,60)43(56)31(4)40(52-69-36-22-19-23-54(27-36)48(59)63-28-35-20-17-16-18-21-35)29(2)25-50(9,62-14)45(68-47-41(55)37(53(11)12)24-30(3)64-47)32(5)42(33(6)46(58)66-38)67-39-26-49(8,61-13)44(57)34(7)65-39/h16-18,20-21,29-34,36-39,41-45,47,55-57,60H,15,19,22-28H2,1-14H3/b52-40+/t29-,30-,31+,32+,33-,34+,36?,37+,38-,39?,41-,42+,43-,44+,45-,47+,49-,50-,51-/m1/s1. The van der Waals surface area contributed by atoms with Gasteiger partial charge in [0.2, 0.25) is 0 Å². The zero-order valence-corrected chi connectivity index (χ0v) is 43.6. The number of likely N-dealkylation sites (tertiary alicyclic amines) is 1. The van der Waals surface area contributed by atoms with Gasteiger partial charge in [-0.05, 0) is 93.3 Å². The van der Waals surface area contributed by atoms with Crippen molar-refractivity contribution in [3.63, 3.8) is 0 Å². The Hall–Kier alpha value is -3.01. The molecular weight excluding hydrogens is 895 g/mol. The molecule has 18 heteroatoms. The molecule has 1 aromatic rings. The van der Waals surface area contributed by atoms with E-state index in [-0.39, 0.29) is 44.6 Å². The smallest absolute Gasteiger partial charge is 0.410 e. The molecule has 19 atom stereocenters. The second kappa shape index (κ2) is 24.1. The lowest BCUT2D eigenvalue weighted by molar-refractivity contribution is -0.319. The molecule has 1 amide bonds. The number of ether oxygens (including phenoxy) is 8. The lowest BCUT2D eigenvalue weighted by atomic mass is 9.73. The van der Waals surface area contributed by atoms with Gasteiger partial charge in [-0.15, -0.1) is 0 Å². The highest BCUT2D eigenvalue weighted by Crippen LogP contribution is 2.42. The van der Waals surface area contributed by atoms with Crippen LogP contribution >= 0.6 is 0 Å². The first-order valence-electron chi connectivity index (χ1n) is 25.0. The summed E-state index contributed by atoms with van der Waals surface area (Å²) in [5.41, 5.74) is -3.05. The van der Waals surface area contributed by atoms with Gasteiger partial charge in [-0.25, -0.2) is 4.79 Å². The topological polar surface area (TPSA) is 217 Å². The summed E-state index contributed by atoms with van der Waals surface area (Å²) in [6.45, 7) is 18.5. The van der Waals surface area contributed by atoms with Crippen LogP contribution in [0.3, 0.4) is 0 Å². The van der Waals surface area contributed by atoms with Crippen molar-refractivity contribution < 1.29 is 72.7 Å². The molecule has 0 aromatic heterocycles. The van der Waals surface area contributed by atoms with E-state index in [4.69, 9.17) is 47.9 Å². The van der Waals surface area contributed by atoms with E-state index in [1.54, 1.807) is 46.6 Å². The number of benzene rings is 1. The number of amides is 1. The highest BCUT2D eigenvalue weighted by Gasteiger charge is 2.54. The number of cyclic esters (lactones) is 1. The van der Waals surface area contributed by atoms with Crippen LogP contribution in [0.25, 0.3) is 0 Å². The predicted octanol–water partition coefficient (Wildman–Crippen LogP) is 5.04. The minimum Gasteiger partial charge on any atom is -0.459 e. The van der Waals surface area contributed by atoms with Gasteiger partial charge in [-0.2, -0.15) is 0 Å². The molecule has 5 rings (SSSR count). The van der Waals surface area contributed by atoms with E-state index >= 15 is 0 Å². The molecule has 0 aliphatic carbocycles. The van der Waals surface area contributed by atoms with Crippen LogP contribution in [0.15, 0.2) is 35.5 Å². The number of aliphatic hydroxyl groups is 4. The Labute approximate surface area is 410 Å². The van der Waals surface area contributed by atoms with E-state index in [2.05, 4.69) is 0 Å². The third kappa shape index (κ3) is 13.3. The number of nitrogens with zero attached hydrogens (tertiary/aromatic N) is 3. The lowest BCUT2D eigenvalue weighted by Crippen LogP contribution is -2.61. The van der Waals surface area contributed by atoms with E-state index in [0.29, 0.717) is 31.5 Å². The Morgan fingerprint density at radius 3 is 2.20 bits per heavy atom. The van der Waals surface area contributed by atoms with Crippen LogP contribution < -0.4 is 0 Å². The fourth-order valence-electron chi connectivity index (χ4n) is 10.9. The molecule has 0 saturated carbocycles. The van der Waals surface area contributed by atoms with Gasteiger partial charge in [0.25, 0.3) is 0 Å². The molecule has 4 fully saturated rings. The lowest BCUT2D eigenvalue weighted by Gasteiger charge is -2.50. The minimum atomic E-state index is -1.98. The molecule has 4 N–H and O–H groups in total. The summed E-state index contributed by atoms with van der Waals surface area (Å²) < 4.78 is 50.8. The summed E-state index contributed by atoms with van der Waals surface area (Å²) in [6, 6.07) is 9.13. The van der Waals surface area contributed by atoms with Crippen LogP contribution in [-0.2, 0) is 54.1 Å². The van der Waals surface area contributed by atoms with Crippen molar-refractivity contribution in [1.82, 2.24) is 9.80 Å². The predicted molar refractivity (Wildman–Crippen MR) is 256 cm³/mol. The van der Waals surface area contributed by atoms with Crippen LogP contribution in [0.2, 0.25) is 0 Å². The third-order valence-electron chi connectivity index (χ3n) is 15.5. The highest BCUT2D eigenvalue weighted by molar-refractivity contribution is 5.89. The van der Waals surface area contributed by atoms with Crippen LogP contribution in [0.4, 0.5) is 4.79 Å². The number of carbonyl (C=O) groups is 2. The van der Waals surface area contributed by atoms with E-state index in [1.165, 1.54) is 14.0 Å². The number of piperidine rings is 1. The van der Waals surface area contributed by atoms with E-state index in [9.17, 15) is 30.0 Å². The summed E-state index contributed by atoms with van der Waals surface area (Å²) >= 11 is 0. The fourth-order valence-corrected chi connectivity index (χ4v) is 10.9. The molecule has 4 saturated heterocycles. The molecule has 394 valence electrons. The number of likely N-dealkylation sites (N-methyl/N-ethyl adjacent to an activating group) is 1. The average Bonchev–Trinajstić information content (AvgIpc) is 3.32. The normalized spacial score (nSPS) is 42.7. The molecule has 4 aliphatic rings. The summed E-state index contributed by atoms with van der Waals surface area (Å²) in [5, 5.41) is 52.3. The van der Waals surface area contributed by atoms with Crippen LogP contribution in [0, 0.1) is 23.7 Å². The Morgan fingerprint density at radius 1 is 0.913 bits per heavy atom. The maximum Gasteiger partial charge on any atom is 0.410 e. The largest absolute Gasteiger partial charge is 0.459 e. The number of oxime groups is 1. The number of hydrogen-bond acceptors (Lipinski definition) is 17. The Kier molecular flexibility index (Phi) is 19.9. The van der Waals surface area contributed by atoms with Crippen molar-refractivity contribution >= 4 is 17.8 Å². The average molecular weight is 980 g/mol. The molecule has 4 heterocycles. The number of rotatable bonds is 12. The van der Waals surface area contributed by atoms with E-state index < -0.39 is 114 Å². The second-order valence-electron chi connectivity index (χ2n) is 21.1. The quantitative estimate of drug-likeness (QED) is 0.159. The fraction of sp³-hybridized carbons (Fsp3) is 0.824. The summed E-state index contributed by atoms with van der Waals surface area (Å²) in [4.78, 5) is 37.7. The maximum atomic E-state index is 14.6. The van der Waals surface area contributed by atoms with Gasteiger partial charge in [-0.3, -0.25) is 4.79 Å². The Balaban J connectivity index is 1.58. The van der Waals surface area contributed by atoms with Gasteiger partial charge in [0, 0.05) is 51.0 Å². The monoisotopic (exact) mass is 980 g/mol. The molecule has 0 radical (unpaired) electrons. The van der Waals surface area contributed by atoms with E-state index in [0.717, 1.165) is 5.56 Å². The molecule has 0 spiro atoms. The third-order valence-corrected chi connectivity index (χ3v) is 15.5. The summed E-state index contributed by atoms with van der Waals surface area (Å²) in [6.07, 6.45) is -8.62. The van der Waals surface area contributed by atoms with Crippen molar-refractivity contribution in [2.75, 3.05) is 41.4 Å². The highest BCUT2D eigenvalue weighted by atomic mass is 16.7. The van der Waals surface area contributed by atoms with E-state index in [1.807, 2.05) is 77.0 Å². The van der Waals surface area contributed by atoms with Crippen molar-refractivity contribution in [3.8, 4) is 0 Å². The SMILES string of the molecule is CC[C@H]1OC(=O)[C@H](C)[C@@H](OC2C[C@@](C)(OC)[C@@H](O)[C@H](C)O2)[C@H](C)[C@@H](O[C@@H]2O[C@H](C)C[C@H](N(C)C)[C@H]2O)[C@](C)(OC)C[C@@H](C)/C(=N\OC2CCCN(C(=O)OCc3ccccc3)C2)[C@H](C)[C@@H](O)[C@]1(C)O. The van der Waals surface area contributed by atoms with Crippen molar-refractivity contribution in [1.29, 1.82) is 0 Å². The van der Waals surface area contributed by atoms with Crippen molar-refractivity contribution in [3.05, 3.63) is 35.9 Å². The zero-order valence-electron chi connectivity index (χ0n) is 43.6. The Morgan fingerprint density at radius 2 is 1.58 bits per heavy atom. The second-order valence-corrected chi connectivity index (χ2v) is 21.1. The van der Waals surface area contributed by atoms with Gasteiger partial charge in [0.1, 0.15) is 36.6 Å². The molecule has 1 aromatic carbocycles. The maximum absolute atomic E-state index is 14.6. The summed E-state index contributed by atoms with van der Waals surface area (Å²) in [7, 11) is 6.85. The first-order valence-corrected chi connectivity index (χ1v) is 25.0. The molecule has 69 heavy (non-hydrogen) atoms. The first kappa shape index (κ1) is 56.9. The number of esters is 1. The number of aliphatic hydroxyl groups excluding tert-OH is 3. The van der Waals surface area contributed by atoms with Gasteiger partial charge >= 0.3 is 12.1 Å². The minimum absolute atomic E-state index is 0.112. The Bertz CT molecular complexity index is 1820. The van der Waals surface area contributed by atoms with Gasteiger partial charge in [0.15, 0.2) is 12.6 Å². The van der Waals surface area contributed by atoms with Crippen molar-refractivity contribution in [2.24, 2.45) is 28.8 Å². The number of methoxy groups -OCH3 is 2. The van der Waals surface area contributed by atoms with Gasteiger partial charge in [-0.1, -0.05) is 63.2 Å². The van der Waals surface area contributed by atoms with Crippen LogP contribution in [0.5, 0.6) is 0 Å². The van der Waals surface area contributed by atoms with Crippen LogP contribution in [-0.4, -0.2) is 180 Å². The molecular formula is C51H85N3O15. The zero-order chi connectivity index (χ0) is 51.2. The number of hydrogen-bond donors (Lipinski definition) is 4. The van der Waals surface area contributed by atoms with Crippen LogP contribution in [0.1, 0.15) is 113 Å². The molecule has 0 bridgehead atoms.